The SMILES string of the molecule is CN(Cc1cccnc1)C(=O)c1ccc([N+](=O)[O-])cc1. The van der Waals surface area contributed by atoms with Crippen molar-refractivity contribution in [3.63, 3.8) is 0 Å². The molecule has 20 heavy (non-hydrogen) atoms. The van der Waals surface area contributed by atoms with Crippen LogP contribution in [0.15, 0.2) is 48.8 Å². The Morgan fingerprint density at radius 3 is 2.55 bits per heavy atom. The molecule has 0 unspecified atom stereocenters. The van der Waals surface area contributed by atoms with E-state index < -0.39 is 4.92 Å². The van der Waals surface area contributed by atoms with Crippen molar-refractivity contribution in [2.24, 2.45) is 0 Å². The smallest absolute Gasteiger partial charge is 0.269 e. The van der Waals surface area contributed by atoms with Gasteiger partial charge >= 0.3 is 0 Å². The zero-order valence-corrected chi connectivity index (χ0v) is 10.9. The molecule has 0 bridgehead atoms. The van der Waals surface area contributed by atoms with Gasteiger partial charge in [-0.15, -0.1) is 0 Å². The van der Waals surface area contributed by atoms with Gasteiger partial charge in [0.15, 0.2) is 0 Å². The van der Waals surface area contributed by atoms with E-state index in [1.807, 2.05) is 6.07 Å². The van der Waals surface area contributed by atoms with Gasteiger partial charge in [0.2, 0.25) is 0 Å². The summed E-state index contributed by atoms with van der Waals surface area (Å²) >= 11 is 0. The first-order chi connectivity index (χ1) is 9.58. The van der Waals surface area contributed by atoms with Crippen LogP contribution in [0.2, 0.25) is 0 Å². The van der Waals surface area contributed by atoms with Gasteiger partial charge in [-0.3, -0.25) is 19.9 Å². The van der Waals surface area contributed by atoms with E-state index in [0.717, 1.165) is 5.56 Å². The Bertz CT molecular complexity index is 611. The summed E-state index contributed by atoms with van der Waals surface area (Å²) in [6, 6.07) is 9.25. The van der Waals surface area contributed by atoms with Crippen LogP contribution in [0.5, 0.6) is 0 Å². The standard InChI is InChI=1S/C14H13N3O3/c1-16(10-11-3-2-8-15-9-11)14(18)12-4-6-13(7-5-12)17(19)20/h2-9H,10H2,1H3. The van der Waals surface area contributed by atoms with E-state index in [-0.39, 0.29) is 11.6 Å². The number of benzene rings is 1. The number of carbonyl (C=O) groups is 1. The first-order valence-corrected chi connectivity index (χ1v) is 5.97. The summed E-state index contributed by atoms with van der Waals surface area (Å²) in [4.78, 5) is 27.8. The Morgan fingerprint density at radius 2 is 2.00 bits per heavy atom. The summed E-state index contributed by atoms with van der Waals surface area (Å²) < 4.78 is 0. The molecule has 0 spiro atoms. The highest BCUT2D eigenvalue weighted by atomic mass is 16.6. The fraction of sp³-hybridized carbons (Fsp3) is 0.143. The average molecular weight is 271 g/mol. The molecule has 0 saturated heterocycles. The topological polar surface area (TPSA) is 76.3 Å². The highest BCUT2D eigenvalue weighted by molar-refractivity contribution is 5.94. The van der Waals surface area contributed by atoms with Crippen LogP contribution in [0.25, 0.3) is 0 Å². The number of hydrogen-bond donors (Lipinski definition) is 0. The lowest BCUT2D eigenvalue weighted by molar-refractivity contribution is -0.384. The average Bonchev–Trinajstić information content (AvgIpc) is 2.47. The number of nitrogens with zero attached hydrogens (tertiary/aromatic N) is 3. The van der Waals surface area contributed by atoms with Crippen LogP contribution in [-0.4, -0.2) is 27.8 Å². The Labute approximate surface area is 115 Å². The van der Waals surface area contributed by atoms with Gasteiger partial charge in [-0.2, -0.15) is 0 Å². The molecule has 0 aliphatic heterocycles. The highest BCUT2D eigenvalue weighted by Gasteiger charge is 2.13. The van der Waals surface area contributed by atoms with E-state index in [2.05, 4.69) is 4.98 Å². The maximum atomic E-state index is 12.2. The summed E-state index contributed by atoms with van der Waals surface area (Å²) in [7, 11) is 1.68. The van der Waals surface area contributed by atoms with Crippen molar-refractivity contribution in [1.29, 1.82) is 0 Å². The van der Waals surface area contributed by atoms with Crippen LogP contribution in [0.1, 0.15) is 15.9 Å². The number of nitro benzene ring substituents is 1. The molecule has 0 aliphatic rings. The molecular weight excluding hydrogens is 258 g/mol. The van der Waals surface area contributed by atoms with E-state index >= 15 is 0 Å². The summed E-state index contributed by atoms with van der Waals surface area (Å²) in [5.74, 6) is -0.191. The molecule has 1 amide bonds. The number of nitro groups is 1. The molecule has 1 heterocycles. The van der Waals surface area contributed by atoms with Crippen LogP contribution in [0, 0.1) is 10.1 Å². The van der Waals surface area contributed by atoms with Crippen molar-refractivity contribution < 1.29 is 9.72 Å². The molecule has 0 N–H and O–H groups in total. The first kappa shape index (κ1) is 13.7. The van der Waals surface area contributed by atoms with Gasteiger partial charge in [-0.05, 0) is 23.8 Å². The number of non-ortho nitro benzene ring substituents is 1. The lowest BCUT2D eigenvalue weighted by Gasteiger charge is -2.17. The summed E-state index contributed by atoms with van der Waals surface area (Å²) in [5.41, 5.74) is 1.31. The molecule has 102 valence electrons. The number of carbonyl (C=O) groups excluding carboxylic acids is 1. The molecule has 0 saturated carbocycles. The van der Waals surface area contributed by atoms with Gasteiger partial charge < -0.3 is 4.90 Å². The number of amides is 1. The van der Waals surface area contributed by atoms with Gasteiger partial charge in [-0.1, -0.05) is 6.07 Å². The molecule has 0 aliphatic carbocycles. The number of hydrogen-bond acceptors (Lipinski definition) is 4. The Kier molecular flexibility index (Phi) is 4.05. The first-order valence-electron chi connectivity index (χ1n) is 5.97. The largest absolute Gasteiger partial charge is 0.337 e. The zero-order valence-electron chi connectivity index (χ0n) is 10.9. The fourth-order valence-corrected chi connectivity index (χ4v) is 1.78. The molecule has 0 fully saturated rings. The maximum Gasteiger partial charge on any atom is 0.269 e. The van der Waals surface area contributed by atoms with E-state index in [1.54, 1.807) is 25.5 Å². The van der Waals surface area contributed by atoms with Crippen molar-refractivity contribution in [2.75, 3.05) is 7.05 Å². The monoisotopic (exact) mass is 271 g/mol. The van der Waals surface area contributed by atoms with Gasteiger partial charge in [0.25, 0.3) is 11.6 Å². The van der Waals surface area contributed by atoms with Crippen molar-refractivity contribution in [1.82, 2.24) is 9.88 Å². The normalized spacial score (nSPS) is 10.1. The summed E-state index contributed by atoms with van der Waals surface area (Å²) in [6.07, 6.45) is 3.36. The van der Waals surface area contributed by atoms with Gasteiger partial charge in [0, 0.05) is 43.7 Å². The number of pyridine rings is 1. The third kappa shape index (κ3) is 3.17. The summed E-state index contributed by atoms with van der Waals surface area (Å²) in [5, 5.41) is 10.6. The second-order valence-corrected chi connectivity index (χ2v) is 4.33. The zero-order chi connectivity index (χ0) is 14.5. The third-order valence-corrected chi connectivity index (χ3v) is 2.81. The van der Waals surface area contributed by atoms with Crippen LogP contribution in [0.3, 0.4) is 0 Å². The van der Waals surface area contributed by atoms with Crippen molar-refractivity contribution >= 4 is 11.6 Å². The minimum absolute atomic E-state index is 0.0311. The fourth-order valence-electron chi connectivity index (χ4n) is 1.78. The lowest BCUT2D eigenvalue weighted by Crippen LogP contribution is -2.26. The molecule has 6 heteroatoms. The van der Waals surface area contributed by atoms with Gasteiger partial charge in [0.05, 0.1) is 4.92 Å². The van der Waals surface area contributed by atoms with Crippen molar-refractivity contribution in [2.45, 2.75) is 6.54 Å². The van der Waals surface area contributed by atoms with E-state index in [9.17, 15) is 14.9 Å². The Hall–Kier alpha value is -2.76. The second-order valence-electron chi connectivity index (χ2n) is 4.33. The lowest BCUT2D eigenvalue weighted by atomic mass is 10.1. The van der Waals surface area contributed by atoms with E-state index in [0.29, 0.717) is 12.1 Å². The number of rotatable bonds is 4. The molecular formula is C14H13N3O3. The summed E-state index contributed by atoms with van der Waals surface area (Å²) in [6.45, 7) is 0.434. The highest BCUT2D eigenvalue weighted by Crippen LogP contribution is 2.14. The second kappa shape index (κ2) is 5.92. The maximum absolute atomic E-state index is 12.2. The van der Waals surface area contributed by atoms with E-state index in [1.165, 1.54) is 29.2 Å². The van der Waals surface area contributed by atoms with Crippen LogP contribution in [-0.2, 0) is 6.54 Å². The van der Waals surface area contributed by atoms with Crippen molar-refractivity contribution in [3.8, 4) is 0 Å². The van der Waals surface area contributed by atoms with Crippen LogP contribution >= 0.6 is 0 Å². The molecule has 2 rings (SSSR count). The van der Waals surface area contributed by atoms with E-state index in [4.69, 9.17) is 0 Å². The Morgan fingerprint density at radius 1 is 1.30 bits per heavy atom. The van der Waals surface area contributed by atoms with Gasteiger partial charge in [0.1, 0.15) is 0 Å². The quantitative estimate of drug-likeness (QED) is 0.631. The molecule has 2 aromatic rings. The third-order valence-electron chi connectivity index (χ3n) is 2.81. The van der Waals surface area contributed by atoms with Crippen LogP contribution in [0.4, 0.5) is 5.69 Å². The number of aromatic nitrogens is 1. The molecule has 1 aromatic carbocycles. The Balaban J connectivity index is 2.08. The molecule has 6 nitrogen and oxygen atoms in total. The molecule has 1 aromatic heterocycles. The van der Waals surface area contributed by atoms with Crippen LogP contribution < -0.4 is 0 Å². The van der Waals surface area contributed by atoms with Gasteiger partial charge in [-0.25, -0.2) is 0 Å². The predicted molar refractivity (Wildman–Crippen MR) is 73.1 cm³/mol. The van der Waals surface area contributed by atoms with Crippen molar-refractivity contribution in [3.05, 3.63) is 70.0 Å². The molecule has 0 radical (unpaired) electrons. The minimum atomic E-state index is -0.492. The minimum Gasteiger partial charge on any atom is -0.337 e. The predicted octanol–water partition coefficient (Wildman–Crippen LogP) is 2.26. The molecule has 0 atom stereocenters.